The van der Waals surface area contributed by atoms with E-state index in [9.17, 15) is 0 Å². The molecule has 4 rings (SSSR count). The summed E-state index contributed by atoms with van der Waals surface area (Å²) < 4.78 is 7.38. The second kappa shape index (κ2) is 7.80. The first-order valence-corrected chi connectivity index (χ1v) is 9.50. The van der Waals surface area contributed by atoms with Crippen LogP contribution in [-0.4, -0.2) is 94.6 Å². The van der Waals surface area contributed by atoms with Crippen molar-refractivity contribution in [2.24, 2.45) is 7.05 Å². The number of methoxy groups -OCH3 is 1. The summed E-state index contributed by atoms with van der Waals surface area (Å²) in [6, 6.07) is 2.33. The van der Waals surface area contributed by atoms with Crippen LogP contribution in [0.1, 0.15) is 12.2 Å². The number of nitrogens with zero attached hydrogens (tertiary/aromatic N) is 9. The van der Waals surface area contributed by atoms with Crippen molar-refractivity contribution in [1.82, 2.24) is 35.1 Å². The molecule has 28 heavy (non-hydrogen) atoms. The molecule has 0 N–H and O–H groups in total. The molecule has 2 aliphatic heterocycles. The minimum atomic E-state index is 0.175. The molecule has 2 aromatic heterocycles. The molecular weight excluding hydrogens is 358 g/mol. The van der Waals surface area contributed by atoms with Gasteiger partial charge in [-0.1, -0.05) is 6.08 Å². The lowest BCUT2D eigenvalue weighted by molar-refractivity contribution is 0.0639. The molecule has 0 spiro atoms. The summed E-state index contributed by atoms with van der Waals surface area (Å²) in [5.41, 5.74) is 1.16. The van der Waals surface area contributed by atoms with E-state index < -0.39 is 0 Å². The summed E-state index contributed by atoms with van der Waals surface area (Å²) in [5, 5.41) is 11.7. The maximum Gasteiger partial charge on any atom is 0.227 e. The highest BCUT2D eigenvalue weighted by Gasteiger charge is 2.35. The first-order valence-electron chi connectivity index (χ1n) is 9.50. The third-order valence-corrected chi connectivity index (χ3v) is 5.55. The number of likely N-dealkylation sites (N-methyl/N-ethyl adjacent to an activating group) is 1. The second-order valence-electron chi connectivity index (χ2n) is 7.48. The van der Waals surface area contributed by atoms with E-state index >= 15 is 0 Å². The fraction of sp³-hybridized carbons (Fsp3) is 0.611. The zero-order valence-corrected chi connectivity index (χ0v) is 16.9. The monoisotopic (exact) mass is 385 g/mol. The summed E-state index contributed by atoms with van der Waals surface area (Å²) >= 11 is 0. The van der Waals surface area contributed by atoms with Crippen molar-refractivity contribution in [2.75, 3.05) is 57.2 Å². The average molecular weight is 385 g/mol. The summed E-state index contributed by atoms with van der Waals surface area (Å²) in [6.07, 6.45) is 5.03. The van der Waals surface area contributed by atoms with Crippen LogP contribution in [0.5, 0.6) is 0 Å². The van der Waals surface area contributed by atoms with E-state index in [2.05, 4.69) is 55.4 Å². The van der Waals surface area contributed by atoms with Gasteiger partial charge in [0.1, 0.15) is 5.82 Å². The Morgan fingerprint density at radius 3 is 2.68 bits per heavy atom. The third kappa shape index (κ3) is 3.57. The standard InChI is InChI=1S/C18H27N9O/c1-24(2)14-11-27(12-15(14)28-4)16-5-8-19-18(20-16)26-9-6-13(7-10-26)17-21-22-23-25(17)3/h5-6,8,14-15H,7,9-12H2,1-4H3/t14-,15+/m0/s1. The Hall–Kier alpha value is -2.59. The van der Waals surface area contributed by atoms with Crippen LogP contribution in [0.25, 0.3) is 5.57 Å². The molecule has 0 unspecified atom stereocenters. The summed E-state index contributed by atoms with van der Waals surface area (Å²) in [6.45, 7) is 3.31. The Balaban J connectivity index is 1.48. The Labute approximate surface area is 164 Å². The number of hydrogen-bond acceptors (Lipinski definition) is 9. The lowest BCUT2D eigenvalue weighted by Gasteiger charge is -2.27. The minimum Gasteiger partial charge on any atom is -0.378 e. The summed E-state index contributed by atoms with van der Waals surface area (Å²) in [5.74, 6) is 2.53. The van der Waals surface area contributed by atoms with E-state index in [0.717, 1.165) is 55.8 Å². The lowest BCUT2D eigenvalue weighted by atomic mass is 10.1. The number of hydrogen-bond donors (Lipinski definition) is 0. The van der Waals surface area contributed by atoms with Gasteiger partial charge in [0.05, 0.1) is 12.1 Å². The molecule has 4 heterocycles. The number of ether oxygens (including phenoxy) is 1. The Kier molecular flexibility index (Phi) is 5.23. The fourth-order valence-corrected chi connectivity index (χ4v) is 3.89. The van der Waals surface area contributed by atoms with Crippen molar-refractivity contribution in [2.45, 2.75) is 18.6 Å². The van der Waals surface area contributed by atoms with Crippen LogP contribution in [0, 0.1) is 0 Å². The van der Waals surface area contributed by atoms with Gasteiger partial charge in [-0.3, -0.25) is 0 Å². The molecule has 0 saturated carbocycles. The van der Waals surface area contributed by atoms with Crippen molar-refractivity contribution in [1.29, 1.82) is 0 Å². The smallest absolute Gasteiger partial charge is 0.227 e. The predicted molar refractivity (Wildman–Crippen MR) is 106 cm³/mol. The number of rotatable bonds is 5. The predicted octanol–water partition coefficient (Wildman–Crippen LogP) is 0.0590. The van der Waals surface area contributed by atoms with Crippen LogP contribution >= 0.6 is 0 Å². The van der Waals surface area contributed by atoms with Gasteiger partial charge in [-0.2, -0.15) is 4.98 Å². The van der Waals surface area contributed by atoms with Gasteiger partial charge in [-0.25, -0.2) is 9.67 Å². The Morgan fingerprint density at radius 1 is 1.21 bits per heavy atom. The summed E-state index contributed by atoms with van der Waals surface area (Å²) in [7, 11) is 7.82. The molecule has 150 valence electrons. The van der Waals surface area contributed by atoms with Gasteiger partial charge in [0, 0.05) is 46.5 Å². The summed E-state index contributed by atoms with van der Waals surface area (Å²) in [4.78, 5) is 16.0. The molecule has 10 heteroatoms. The minimum absolute atomic E-state index is 0.175. The number of aryl methyl sites for hydroxylation is 1. The normalized spacial score (nSPS) is 22.8. The van der Waals surface area contributed by atoms with Crippen LogP contribution in [0.4, 0.5) is 11.8 Å². The van der Waals surface area contributed by atoms with Crippen molar-refractivity contribution in [3.8, 4) is 0 Å². The highest BCUT2D eigenvalue weighted by atomic mass is 16.5. The molecule has 0 bridgehead atoms. The molecule has 2 atom stereocenters. The number of tetrazole rings is 1. The van der Waals surface area contributed by atoms with E-state index in [1.807, 2.05) is 19.3 Å². The van der Waals surface area contributed by atoms with E-state index in [0.29, 0.717) is 6.04 Å². The molecule has 1 saturated heterocycles. The molecule has 10 nitrogen and oxygen atoms in total. The molecule has 1 fully saturated rings. The van der Waals surface area contributed by atoms with Crippen LogP contribution in [0.2, 0.25) is 0 Å². The molecule has 2 aliphatic rings. The van der Waals surface area contributed by atoms with E-state index in [1.54, 1.807) is 11.8 Å². The van der Waals surface area contributed by atoms with E-state index in [1.165, 1.54) is 0 Å². The van der Waals surface area contributed by atoms with Crippen molar-refractivity contribution in [3.05, 3.63) is 24.2 Å². The first-order chi connectivity index (χ1) is 13.6. The highest BCUT2D eigenvalue weighted by molar-refractivity contribution is 5.63. The van der Waals surface area contributed by atoms with Gasteiger partial charge < -0.3 is 19.4 Å². The highest BCUT2D eigenvalue weighted by Crippen LogP contribution is 2.26. The molecule has 0 radical (unpaired) electrons. The quantitative estimate of drug-likeness (QED) is 0.709. The maximum atomic E-state index is 5.68. The maximum absolute atomic E-state index is 5.68. The van der Waals surface area contributed by atoms with Crippen LogP contribution in [0.15, 0.2) is 18.3 Å². The van der Waals surface area contributed by atoms with Gasteiger partial charge in [0.15, 0.2) is 5.82 Å². The van der Waals surface area contributed by atoms with Crippen molar-refractivity contribution in [3.63, 3.8) is 0 Å². The van der Waals surface area contributed by atoms with Crippen LogP contribution in [-0.2, 0) is 11.8 Å². The SMILES string of the molecule is CO[C@@H]1CN(c2ccnc(N3CC=C(c4nnnn4C)CC3)n2)C[C@@H]1N(C)C. The molecular formula is C18H27N9O. The zero-order chi connectivity index (χ0) is 19.7. The Morgan fingerprint density at radius 2 is 2.07 bits per heavy atom. The first kappa shape index (κ1) is 18.8. The van der Waals surface area contributed by atoms with Gasteiger partial charge in [0.2, 0.25) is 5.95 Å². The zero-order valence-electron chi connectivity index (χ0n) is 16.9. The molecule has 0 amide bonds. The molecule has 0 aromatic carbocycles. The van der Waals surface area contributed by atoms with Crippen molar-refractivity contribution >= 4 is 17.3 Å². The topological polar surface area (TPSA) is 88.3 Å². The average Bonchev–Trinajstić information content (AvgIpc) is 3.34. The van der Waals surface area contributed by atoms with E-state index in [4.69, 9.17) is 9.72 Å². The van der Waals surface area contributed by atoms with Crippen LogP contribution < -0.4 is 9.80 Å². The Bertz CT molecular complexity index is 849. The largest absolute Gasteiger partial charge is 0.378 e. The number of anilines is 2. The lowest BCUT2D eigenvalue weighted by Crippen LogP contribution is -2.39. The molecule has 2 aromatic rings. The number of aromatic nitrogens is 6. The fourth-order valence-electron chi connectivity index (χ4n) is 3.89. The van der Waals surface area contributed by atoms with Crippen LogP contribution in [0.3, 0.4) is 0 Å². The van der Waals surface area contributed by atoms with Gasteiger partial charge in [-0.15, -0.1) is 5.10 Å². The van der Waals surface area contributed by atoms with Crippen molar-refractivity contribution < 1.29 is 4.74 Å². The van der Waals surface area contributed by atoms with Gasteiger partial charge in [-0.05, 0) is 42.6 Å². The molecule has 0 aliphatic carbocycles. The van der Waals surface area contributed by atoms with Gasteiger partial charge in [0.25, 0.3) is 0 Å². The van der Waals surface area contributed by atoms with Gasteiger partial charge >= 0.3 is 0 Å². The second-order valence-corrected chi connectivity index (χ2v) is 7.48. The van der Waals surface area contributed by atoms with E-state index in [-0.39, 0.29) is 6.10 Å². The third-order valence-electron chi connectivity index (χ3n) is 5.55.